The maximum Gasteiger partial charge on any atom is 0.287 e. The van der Waals surface area contributed by atoms with Gasteiger partial charge in [-0.25, -0.2) is 0 Å². The molecule has 0 saturated heterocycles. The fourth-order valence-electron chi connectivity index (χ4n) is 1.88. The monoisotopic (exact) mass is 277 g/mol. The first-order valence-electron chi connectivity index (χ1n) is 6.17. The highest BCUT2D eigenvalue weighted by Crippen LogP contribution is 2.16. The van der Waals surface area contributed by atoms with E-state index in [-0.39, 0.29) is 11.4 Å². The summed E-state index contributed by atoms with van der Waals surface area (Å²) in [7, 11) is 1.58. The highest BCUT2D eigenvalue weighted by molar-refractivity contribution is 6.03. The van der Waals surface area contributed by atoms with Gasteiger partial charge in [-0.2, -0.15) is 5.10 Å². The second kappa shape index (κ2) is 5.55. The minimum Gasteiger partial charge on any atom is -0.340 e. The van der Waals surface area contributed by atoms with Crippen molar-refractivity contribution >= 4 is 17.4 Å². The van der Waals surface area contributed by atoms with Crippen molar-refractivity contribution < 1.29 is 9.72 Å². The number of carbonyl (C=O) groups excluding carboxylic acids is 1. The average molecular weight is 277 g/mol. The van der Waals surface area contributed by atoms with Gasteiger partial charge in [0.25, 0.3) is 11.6 Å². The summed E-state index contributed by atoms with van der Waals surface area (Å²) in [5.41, 5.74) is 1.02. The Labute approximate surface area is 114 Å². The van der Waals surface area contributed by atoms with Crippen LogP contribution in [0.15, 0.2) is 18.3 Å². The Balaban J connectivity index is 2.13. The molecule has 0 radical (unpaired) electrons. The number of nitrogens with one attached hydrogen (secondary N) is 2. The van der Waals surface area contributed by atoms with Crippen molar-refractivity contribution in [1.29, 1.82) is 0 Å². The predicted octanol–water partition coefficient (Wildman–Crippen LogP) is 1.86. The third-order valence-electron chi connectivity index (χ3n) is 2.83. The second-order valence-electron chi connectivity index (χ2n) is 4.43. The summed E-state index contributed by atoms with van der Waals surface area (Å²) in [6.45, 7) is 2.04. The van der Waals surface area contributed by atoms with Crippen LogP contribution in [0.3, 0.4) is 0 Å². The van der Waals surface area contributed by atoms with Crippen LogP contribution in [0.5, 0.6) is 0 Å². The molecular formula is C12H15N5O3. The molecule has 20 heavy (non-hydrogen) atoms. The van der Waals surface area contributed by atoms with Crippen LogP contribution in [0.4, 0.5) is 11.5 Å². The van der Waals surface area contributed by atoms with E-state index in [2.05, 4.69) is 15.5 Å². The van der Waals surface area contributed by atoms with Crippen LogP contribution in [0, 0.1) is 10.1 Å². The molecule has 0 saturated carbocycles. The van der Waals surface area contributed by atoms with E-state index < -0.39 is 10.8 Å². The number of hydrogen-bond acceptors (Lipinski definition) is 4. The summed E-state index contributed by atoms with van der Waals surface area (Å²) in [6, 6.07) is 2.98. The molecule has 8 nitrogen and oxygen atoms in total. The largest absolute Gasteiger partial charge is 0.340 e. The molecule has 8 heteroatoms. The van der Waals surface area contributed by atoms with Gasteiger partial charge in [0.15, 0.2) is 5.82 Å². The lowest BCUT2D eigenvalue weighted by molar-refractivity contribution is -0.384. The Hall–Kier alpha value is -2.64. The van der Waals surface area contributed by atoms with Gasteiger partial charge in [0.2, 0.25) is 0 Å². The van der Waals surface area contributed by atoms with E-state index in [1.807, 2.05) is 6.92 Å². The van der Waals surface area contributed by atoms with Crippen molar-refractivity contribution in [2.24, 2.45) is 7.05 Å². The number of nitrogens with zero attached hydrogens (tertiary/aromatic N) is 3. The standard InChI is InChI=1S/C12H15N5O3/c1-3-4-8-5-11(15-14-8)13-12(18)10-6-9(17(19)20)7-16(10)2/h5-7H,3-4H2,1-2H3,(H2,13,14,15,18). The van der Waals surface area contributed by atoms with Crippen LogP contribution in [-0.4, -0.2) is 25.6 Å². The van der Waals surface area contributed by atoms with Gasteiger partial charge in [-0.1, -0.05) is 13.3 Å². The van der Waals surface area contributed by atoms with Crippen molar-refractivity contribution in [1.82, 2.24) is 14.8 Å². The first kappa shape index (κ1) is 13.8. The smallest absolute Gasteiger partial charge is 0.287 e. The Morgan fingerprint density at radius 2 is 2.30 bits per heavy atom. The normalized spacial score (nSPS) is 10.5. The number of nitro groups is 1. The number of rotatable bonds is 5. The van der Waals surface area contributed by atoms with Crippen LogP contribution in [0.25, 0.3) is 0 Å². The molecule has 0 aliphatic carbocycles. The molecule has 1 amide bonds. The maximum atomic E-state index is 12.0. The van der Waals surface area contributed by atoms with Gasteiger partial charge < -0.3 is 9.88 Å². The number of aryl methyl sites for hydroxylation is 2. The zero-order valence-electron chi connectivity index (χ0n) is 11.2. The first-order valence-corrected chi connectivity index (χ1v) is 6.17. The average Bonchev–Trinajstić information content (AvgIpc) is 2.96. The van der Waals surface area contributed by atoms with E-state index in [0.717, 1.165) is 18.5 Å². The number of H-pyrrole nitrogens is 1. The third-order valence-corrected chi connectivity index (χ3v) is 2.83. The minimum absolute atomic E-state index is 0.119. The molecule has 2 rings (SSSR count). The number of aromatic nitrogens is 3. The Morgan fingerprint density at radius 3 is 2.90 bits per heavy atom. The molecule has 2 heterocycles. The zero-order valence-corrected chi connectivity index (χ0v) is 11.2. The van der Waals surface area contributed by atoms with E-state index in [1.165, 1.54) is 16.8 Å². The van der Waals surface area contributed by atoms with E-state index in [9.17, 15) is 14.9 Å². The van der Waals surface area contributed by atoms with E-state index in [4.69, 9.17) is 0 Å². The lowest BCUT2D eigenvalue weighted by Crippen LogP contribution is -2.15. The molecule has 0 fully saturated rings. The van der Waals surface area contributed by atoms with Crippen molar-refractivity contribution in [2.45, 2.75) is 19.8 Å². The first-order chi connectivity index (χ1) is 9.51. The number of hydrogen-bond donors (Lipinski definition) is 2. The van der Waals surface area contributed by atoms with Gasteiger partial charge in [-0.15, -0.1) is 0 Å². The second-order valence-corrected chi connectivity index (χ2v) is 4.43. The molecular weight excluding hydrogens is 262 g/mol. The fourth-order valence-corrected chi connectivity index (χ4v) is 1.88. The van der Waals surface area contributed by atoms with Crippen molar-refractivity contribution in [3.05, 3.63) is 39.8 Å². The third kappa shape index (κ3) is 2.85. The molecule has 2 aromatic heterocycles. The summed E-state index contributed by atoms with van der Waals surface area (Å²) in [6.07, 6.45) is 3.11. The quantitative estimate of drug-likeness (QED) is 0.642. The molecule has 106 valence electrons. The van der Waals surface area contributed by atoms with Crippen LogP contribution < -0.4 is 5.32 Å². The molecule has 0 aliphatic rings. The number of amides is 1. The Kier molecular flexibility index (Phi) is 3.83. The highest BCUT2D eigenvalue weighted by Gasteiger charge is 2.18. The molecule has 0 unspecified atom stereocenters. The van der Waals surface area contributed by atoms with E-state index >= 15 is 0 Å². The maximum absolute atomic E-state index is 12.0. The summed E-state index contributed by atoms with van der Waals surface area (Å²) in [4.78, 5) is 22.2. The fraction of sp³-hybridized carbons (Fsp3) is 0.333. The highest BCUT2D eigenvalue weighted by atomic mass is 16.6. The molecule has 0 aromatic carbocycles. The lowest BCUT2D eigenvalue weighted by atomic mass is 10.2. The summed E-state index contributed by atoms with van der Waals surface area (Å²) in [5.74, 6) is -0.0301. The van der Waals surface area contributed by atoms with Gasteiger partial charge >= 0.3 is 0 Å². The Morgan fingerprint density at radius 1 is 1.55 bits per heavy atom. The zero-order chi connectivity index (χ0) is 14.7. The molecule has 0 bridgehead atoms. The van der Waals surface area contributed by atoms with Gasteiger partial charge in [0, 0.05) is 24.9 Å². The van der Waals surface area contributed by atoms with Crippen LogP contribution in [0.2, 0.25) is 0 Å². The van der Waals surface area contributed by atoms with Crippen molar-refractivity contribution in [3.63, 3.8) is 0 Å². The summed E-state index contributed by atoms with van der Waals surface area (Å²) < 4.78 is 1.41. The summed E-state index contributed by atoms with van der Waals surface area (Å²) >= 11 is 0. The van der Waals surface area contributed by atoms with Crippen LogP contribution in [0.1, 0.15) is 29.5 Å². The van der Waals surface area contributed by atoms with Crippen LogP contribution >= 0.6 is 0 Å². The molecule has 2 aromatic rings. The lowest BCUT2D eigenvalue weighted by Gasteiger charge is -2.01. The Bertz CT molecular complexity index is 643. The topological polar surface area (TPSA) is 106 Å². The molecule has 0 spiro atoms. The predicted molar refractivity (Wildman–Crippen MR) is 72.6 cm³/mol. The molecule has 0 aliphatic heterocycles. The number of carbonyl (C=O) groups is 1. The number of anilines is 1. The SMILES string of the molecule is CCCc1cc(NC(=O)c2cc([N+](=O)[O-])cn2C)n[nH]1. The van der Waals surface area contributed by atoms with Gasteiger partial charge in [0.05, 0.1) is 11.1 Å². The van der Waals surface area contributed by atoms with Gasteiger partial charge in [-0.05, 0) is 6.42 Å². The van der Waals surface area contributed by atoms with Crippen molar-refractivity contribution in [2.75, 3.05) is 5.32 Å². The number of aromatic amines is 1. The molecule has 2 N–H and O–H groups in total. The van der Waals surface area contributed by atoms with E-state index in [1.54, 1.807) is 13.1 Å². The molecule has 0 atom stereocenters. The van der Waals surface area contributed by atoms with Crippen molar-refractivity contribution in [3.8, 4) is 0 Å². The van der Waals surface area contributed by atoms with Gasteiger partial charge in [0.1, 0.15) is 5.69 Å². The minimum atomic E-state index is -0.537. The van der Waals surface area contributed by atoms with E-state index in [0.29, 0.717) is 5.82 Å². The summed E-state index contributed by atoms with van der Waals surface area (Å²) in [5, 5.41) is 20.1. The van der Waals surface area contributed by atoms with Crippen LogP contribution in [-0.2, 0) is 13.5 Å². The van der Waals surface area contributed by atoms with Gasteiger partial charge in [-0.3, -0.25) is 20.0 Å².